The van der Waals surface area contributed by atoms with Crippen molar-refractivity contribution in [2.45, 2.75) is 53.5 Å². The zero-order chi connectivity index (χ0) is 15.0. The number of nitrogens with zero attached hydrogens (tertiary/aromatic N) is 1. The van der Waals surface area contributed by atoms with E-state index in [9.17, 15) is 0 Å². The Labute approximate surface area is 128 Å². The van der Waals surface area contributed by atoms with Crippen LogP contribution < -0.4 is 5.32 Å². The SMILES string of the molecule is CCCNC(Cc1ccncc1Cl)C1C(C)(C)C1(C)C. The highest BCUT2D eigenvalue weighted by Crippen LogP contribution is 2.69. The second-order valence-electron chi connectivity index (χ2n) is 7.15. The van der Waals surface area contributed by atoms with Crippen molar-refractivity contribution in [2.75, 3.05) is 6.54 Å². The smallest absolute Gasteiger partial charge is 0.0621 e. The van der Waals surface area contributed by atoms with E-state index in [1.165, 1.54) is 5.56 Å². The molecule has 1 aromatic rings. The van der Waals surface area contributed by atoms with Gasteiger partial charge in [-0.1, -0.05) is 46.2 Å². The molecule has 1 aliphatic rings. The number of rotatable bonds is 6. The molecule has 1 aliphatic carbocycles. The van der Waals surface area contributed by atoms with Gasteiger partial charge in [-0.05, 0) is 47.8 Å². The van der Waals surface area contributed by atoms with E-state index in [1.807, 2.05) is 12.3 Å². The van der Waals surface area contributed by atoms with Gasteiger partial charge >= 0.3 is 0 Å². The summed E-state index contributed by atoms with van der Waals surface area (Å²) in [5.41, 5.74) is 1.98. The summed E-state index contributed by atoms with van der Waals surface area (Å²) in [4.78, 5) is 4.08. The van der Waals surface area contributed by atoms with E-state index in [1.54, 1.807) is 6.20 Å². The Hall–Kier alpha value is -0.600. The fraction of sp³-hybridized carbons (Fsp3) is 0.706. The molecule has 20 heavy (non-hydrogen) atoms. The Balaban J connectivity index is 2.16. The van der Waals surface area contributed by atoms with Crippen LogP contribution in [0.2, 0.25) is 5.02 Å². The van der Waals surface area contributed by atoms with Gasteiger partial charge in [0.05, 0.1) is 5.02 Å². The summed E-state index contributed by atoms with van der Waals surface area (Å²) in [5.74, 6) is 0.686. The van der Waals surface area contributed by atoms with Crippen molar-refractivity contribution in [1.82, 2.24) is 10.3 Å². The van der Waals surface area contributed by atoms with Gasteiger partial charge in [-0.15, -0.1) is 0 Å². The van der Waals surface area contributed by atoms with Gasteiger partial charge < -0.3 is 5.32 Å². The molecule has 2 rings (SSSR count). The van der Waals surface area contributed by atoms with Crippen molar-refractivity contribution in [3.05, 3.63) is 29.0 Å². The van der Waals surface area contributed by atoms with Gasteiger partial charge in [-0.3, -0.25) is 4.98 Å². The molecule has 1 atom stereocenters. The molecule has 1 saturated carbocycles. The van der Waals surface area contributed by atoms with Crippen molar-refractivity contribution < 1.29 is 0 Å². The zero-order valence-electron chi connectivity index (χ0n) is 13.3. The van der Waals surface area contributed by atoms with Crippen molar-refractivity contribution in [1.29, 1.82) is 0 Å². The predicted molar refractivity (Wildman–Crippen MR) is 86.1 cm³/mol. The van der Waals surface area contributed by atoms with E-state index in [0.717, 1.165) is 24.4 Å². The van der Waals surface area contributed by atoms with E-state index in [2.05, 4.69) is 44.9 Å². The molecule has 1 fully saturated rings. The number of halogens is 1. The number of hydrogen-bond acceptors (Lipinski definition) is 2. The molecule has 1 aromatic heterocycles. The molecule has 112 valence electrons. The molecular weight excluding hydrogens is 268 g/mol. The second kappa shape index (κ2) is 5.65. The van der Waals surface area contributed by atoms with Crippen LogP contribution in [0.1, 0.15) is 46.6 Å². The summed E-state index contributed by atoms with van der Waals surface area (Å²) in [6.07, 6.45) is 5.73. The summed E-state index contributed by atoms with van der Waals surface area (Å²) in [5, 5.41) is 4.52. The fourth-order valence-corrected chi connectivity index (χ4v) is 3.89. The molecule has 1 N–H and O–H groups in total. The van der Waals surface area contributed by atoms with E-state index in [-0.39, 0.29) is 0 Å². The minimum absolute atomic E-state index is 0.387. The lowest BCUT2D eigenvalue weighted by atomic mass is 9.97. The minimum atomic E-state index is 0.387. The largest absolute Gasteiger partial charge is 0.313 e. The summed E-state index contributed by atoms with van der Waals surface area (Å²) in [6, 6.07) is 2.53. The van der Waals surface area contributed by atoms with Crippen LogP contribution in [0.25, 0.3) is 0 Å². The maximum atomic E-state index is 6.28. The van der Waals surface area contributed by atoms with Gasteiger partial charge in [-0.2, -0.15) is 0 Å². The maximum Gasteiger partial charge on any atom is 0.0621 e. The van der Waals surface area contributed by atoms with Crippen LogP contribution in [-0.4, -0.2) is 17.6 Å². The van der Waals surface area contributed by atoms with Gasteiger partial charge in [0.15, 0.2) is 0 Å². The monoisotopic (exact) mass is 294 g/mol. The summed E-state index contributed by atoms with van der Waals surface area (Å²) in [6.45, 7) is 12.8. The van der Waals surface area contributed by atoms with Crippen LogP contribution in [0.15, 0.2) is 18.5 Å². The average Bonchev–Trinajstić information content (AvgIpc) is 2.78. The Morgan fingerprint density at radius 2 is 1.95 bits per heavy atom. The lowest BCUT2D eigenvalue weighted by molar-refractivity contribution is 0.395. The van der Waals surface area contributed by atoms with E-state index in [0.29, 0.717) is 22.8 Å². The highest BCUT2D eigenvalue weighted by atomic mass is 35.5. The van der Waals surface area contributed by atoms with Crippen LogP contribution in [0.5, 0.6) is 0 Å². The second-order valence-corrected chi connectivity index (χ2v) is 7.56. The van der Waals surface area contributed by atoms with Crippen LogP contribution in [-0.2, 0) is 6.42 Å². The van der Waals surface area contributed by atoms with E-state index >= 15 is 0 Å². The summed E-state index contributed by atoms with van der Waals surface area (Å²) in [7, 11) is 0. The van der Waals surface area contributed by atoms with E-state index < -0.39 is 0 Å². The molecule has 0 aromatic carbocycles. The van der Waals surface area contributed by atoms with Gasteiger partial charge in [0.2, 0.25) is 0 Å². The molecule has 1 unspecified atom stereocenters. The van der Waals surface area contributed by atoms with E-state index in [4.69, 9.17) is 11.6 Å². The van der Waals surface area contributed by atoms with Crippen molar-refractivity contribution in [3.8, 4) is 0 Å². The lowest BCUT2D eigenvalue weighted by Gasteiger charge is -2.21. The predicted octanol–water partition coefficient (Wildman–Crippen LogP) is 4.33. The van der Waals surface area contributed by atoms with Gasteiger partial charge in [0.25, 0.3) is 0 Å². The lowest BCUT2D eigenvalue weighted by Crippen LogP contribution is -2.36. The van der Waals surface area contributed by atoms with Crippen LogP contribution in [0.4, 0.5) is 0 Å². The third-order valence-corrected chi connectivity index (χ3v) is 5.83. The number of nitrogens with one attached hydrogen (secondary N) is 1. The average molecular weight is 295 g/mol. The molecule has 0 spiro atoms. The molecule has 0 saturated heterocycles. The normalized spacial score (nSPS) is 21.7. The van der Waals surface area contributed by atoms with Crippen LogP contribution in [0.3, 0.4) is 0 Å². The topological polar surface area (TPSA) is 24.9 Å². The summed E-state index contributed by atoms with van der Waals surface area (Å²) >= 11 is 6.28. The molecule has 0 radical (unpaired) electrons. The molecule has 1 heterocycles. The molecule has 3 heteroatoms. The van der Waals surface area contributed by atoms with Crippen LogP contribution in [0, 0.1) is 16.7 Å². The molecular formula is C17H27ClN2. The van der Waals surface area contributed by atoms with Crippen molar-refractivity contribution in [3.63, 3.8) is 0 Å². The standard InChI is InChI=1S/C17H27ClN2/c1-6-8-20-14(15-16(2,3)17(15,4)5)10-12-7-9-19-11-13(12)18/h7,9,11,14-15,20H,6,8,10H2,1-5H3. The van der Waals surface area contributed by atoms with Gasteiger partial charge in [0.1, 0.15) is 0 Å². The Kier molecular flexibility index (Phi) is 4.46. The Morgan fingerprint density at radius 1 is 1.30 bits per heavy atom. The summed E-state index contributed by atoms with van der Waals surface area (Å²) < 4.78 is 0. The van der Waals surface area contributed by atoms with Crippen molar-refractivity contribution in [2.24, 2.45) is 16.7 Å². The van der Waals surface area contributed by atoms with Gasteiger partial charge in [0, 0.05) is 18.4 Å². The fourth-order valence-electron chi connectivity index (χ4n) is 3.70. The number of hydrogen-bond donors (Lipinski definition) is 1. The first kappa shape index (κ1) is 15.8. The minimum Gasteiger partial charge on any atom is -0.313 e. The number of pyridine rings is 1. The Morgan fingerprint density at radius 3 is 2.45 bits per heavy atom. The first-order valence-corrected chi connectivity index (χ1v) is 8.02. The molecule has 0 aliphatic heterocycles. The number of aromatic nitrogens is 1. The van der Waals surface area contributed by atoms with Crippen molar-refractivity contribution >= 4 is 11.6 Å². The Bertz CT molecular complexity index is 454. The molecule has 2 nitrogen and oxygen atoms in total. The van der Waals surface area contributed by atoms with Crippen LogP contribution >= 0.6 is 11.6 Å². The first-order chi connectivity index (χ1) is 9.32. The quantitative estimate of drug-likeness (QED) is 0.845. The molecule has 0 bridgehead atoms. The molecule has 0 amide bonds. The highest BCUT2D eigenvalue weighted by molar-refractivity contribution is 6.31. The van der Waals surface area contributed by atoms with Gasteiger partial charge in [-0.25, -0.2) is 0 Å². The highest BCUT2D eigenvalue weighted by Gasteiger charge is 2.66. The first-order valence-electron chi connectivity index (χ1n) is 7.64. The maximum absolute atomic E-state index is 6.28. The third kappa shape index (κ3) is 2.73. The third-order valence-electron chi connectivity index (χ3n) is 5.49. The zero-order valence-corrected chi connectivity index (χ0v) is 14.1.